The molecule has 7 heteroatoms. The van der Waals surface area contributed by atoms with Crippen molar-refractivity contribution in [3.8, 4) is 5.75 Å². The van der Waals surface area contributed by atoms with E-state index in [0.29, 0.717) is 29.2 Å². The highest BCUT2D eigenvalue weighted by Gasteiger charge is 2.22. The molecule has 2 atom stereocenters. The number of aryl methyl sites for hydroxylation is 1. The number of carbonyl (C=O) groups is 1. The summed E-state index contributed by atoms with van der Waals surface area (Å²) in [7, 11) is 0. The molecule has 0 amide bonds. The molecule has 29 heavy (non-hydrogen) atoms. The smallest absolute Gasteiger partial charge is 0.330 e. The number of benzene rings is 2. The fraction of sp³-hybridized carbons (Fsp3) is 0.364. The van der Waals surface area contributed by atoms with Crippen molar-refractivity contribution in [2.75, 3.05) is 18.5 Å². The molecule has 5 N–H and O–H groups in total. The zero-order valence-corrected chi connectivity index (χ0v) is 16.5. The third kappa shape index (κ3) is 5.48. The molecule has 1 saturated heterocycles. The second kappa shape index (κ2) is 9.43. The first-order valence-electron chi connectivity index (χ1n) is 9.78. The molecule has 1 heterocycles. The quantitative estimate of drug-likeness (QED) is 0.381. The van der Waals surface area contributed by atoms with E-state index in [9.17, 15) is 9.90 Å². The molecule has 0 saturated carbocycles. The Bertz CT molecular complexity index is 861. The van der Waals surface area contributed by atoms with E-state index < -0.39 is 12.0 Å². The van der Waals surface area contributed by atoms with Crippen LogP contribution in [-0.2, 0) is 16.0 Å². The van der Waals surface area contributed by atoms with Gasteiger partial charge in [0.1, 0.15) is 18.2 Å². The number of nitrogen functional groups attached to an aromatic ring is 1. The minimum atomic E-state index is -0.987. The largest absolute Gasteiger partial charge is 0.491 e. The molecule has 2 aromatic carbocycles. The van der Waals surface area contributed by atoms with Crippen molar-refractivity contribution in [1.29, 1.82) is 5.41 Å². The molecule has 0 bridgehead atoms. The van der Waals surface area contributed by atoms with Gasteiger partial charge < -0.3 is 25.6 Å². The number of aliphatic carboxylic acids is 1. The Morgan fingerprint density at radius 3 is 2.69 bits per heavy atom. The summed E-state index contributed by atoms with van der Waals surface area (Å²) in [6.45, 7) is 3.25. The molecule has 7 nitrogen and oxygen atoms in total. The Balaban J connectivity index is 1.80. The maximum absolute atomic E-state index is 12.0. The van der Waals surface area contributed by atoms with E-state index in [4.69, 9.17) is 20.6 Å². The van der Waals surface area contributed by atoms with Crippen LogP contribution in [0.4, 0.5) is 5.69 Å². The third-order valence-electron chi connectivity index (χ3n) is 4.94. The Hall–Kier alpha value is -3.06. The van der Waals surface area contributed by atoms with Gasteiger partial charge in [-0.2, -0.15) is 0 Å². The molecule has 0 spiro atoms. The van der Waals surface area contributed by atoms with Crippen LogP contribution in [0, 0.1) is 5.41 Å². The van der Waals surface area contributed by atoms with Crippen LogP contribution in [0.5, 0.6) is 5.75 Å². The monoisotopic (exact) mass is 397 g/mol. The van der Waals surface area contributed by atoms with Gasteiger partial charge in [0.05, 0.1) is 6.10 Å². The average Bonchev–Trinajstić information content (AvgIpc) is 3.24. The molecule has 0 radical (unpaired) electrons. The van der Waals surface area contributed by atoms with E-state index in [2.05, 4.69) is 5.32 Å². The molecule has 1 unspecified atom stereocenters. The minimum Gasteiger partial charge on any atom is -0.491 e. The second-order valence-corrected chi connectivity index (χ2v) is 7.12. The first-order chi connectivity index (χ1) is 14.0. The zero-order valence-electron chi connectivity index (χ0n) is 16.5. The van der Waals surface area contributed by atoms with Crippen molar-refractivity contribution >= 4 is 17.5 Å². The number of rotatable bonds is 9. The van der Waals surface area contributed by atoms with Crippen LogP contribution in [0.1, 0.15) is 42.5 Å². The Morgan fingerprint density at radius 2 is 2.10 bits per heavy atom. The van der Waals surface area contributed by atoms with E-state index in [-0.39, 0.29) is 11.9 Å². The van der Waals surface area contributed by atoms with Crippen LogP contribution in [-0.4, -0.2) is 36.2 Å². The van der Waals surface area contributed by atoms with Gasteiger partial charge in [0.2, 0.25) is 0 Å². The Morgan fingerprint density at radius 1 is 1.34 bits per heavy atom. The topological polar surface area (TPSA) is 118 Å². The Labute approximate surface area is 170 Å². The highest BCUT2D eigenvalue weighted by atomic mass is 16.5. The summed E-state index contributed by atoms with van der Waals surface area (Å²) in [6.07, 6.45) is 2.89. The molecule has 1 aliphatic rings. The van der Waals surface area contributed by atoms with E-state index in [1.54, 1.807) is 30.3 Å². The summed E-state index contributed by atoms with van der Waals surface area (Å²) in [5.41, 5.74) is 8.31. The van der Waals surface area contributed by atoms with Gasteiger partial charge in [-0.3, -0.25) is 5.41 Å². The number of hydrogen-bond acceptors (Lipinski definition) is 5. The van der Waals surface area contributed by atoms with Gasteiger partial charge in [-0.25, -0.2) is 4.79 Å². The van der Waals surface area contributed by atoms with E-state index in [0.717, 1.165) is 31.4 Å². The molecular formula is C22H27N3O4. The number of amidine groups is 1. The van der Waals surface area contributed by atoms with E-state index >= 15 is 0 Å². The highest BCUT2D eigenvalue weighted by molar-refractivity contribution is 5.95. The number of carboxylic acids is 1. The van der Waals surface area contributed by atoms with Crippen molar-refractivity contribution in [3.05, 3.63) is 59.2 Å². The minimum absolute atomic E-state index is 0.0324. The maximum atomic E-state index is 12.0. The van der Waals surface area contributed by atoms with Crippen molar-refractivity contribution in [2.24, 2.45) is 5.73 Å². The fourth-order valence-electron chi connectivity index (χ4n) is 3.31. The summed E-state index contributed by atoms with van der Waals surface area (Å²) in [6, 6.07) is 11.5. The summed E-state index contributed by atoms with van der Waals surface area (Å²) in [5, 5.41) is 20.3. The summed E-state index contributed by atoms with van der Waals surface area (Å²) < 4.78 is 11.5. The molecule has 0 aliphatic carbocycles. The second-order valence-electron chi connectivity index (χ2n) is 7.12. The number of nitrogens with two attached hydrogens (primary N) is 1. The molecule has 154 valence electrons. The van der Waals surface area contributed by atoms with Gasteiger partial charge in [-0.15, -0.1) is 0 Å². The number of hydrogen-bond donors (Lipinski definition) is 4. The number of carboxylic acid groups (broad SMARTS) is 1. The number of ether oxygens (including phenoxy) is 2. The predicted molar refractivity (Wildman–Crippen MR) is 112 cm³/mol. The van der Waals surface area contributed by atoms with Crippen molar-refractivity contribution in [3.63, 3.8) is 0 Å². The van der Waals surface area contributed by atoms with Crippen LogP contribution in [0.25, 0.3) is 0 Å². The molecule has 2 aromatic rings. The molecule has 3 rings (SSSR count). The summed E-state index contributed by atoms with van der Waals surface area (Å²) in [4.78, 5) is 12.0. The van der Waals surface area contributed by atoms with E-state index in [1.165, 1.54) is 0 Å². The third-order valence-corrected chi connectivity index (χ3v) is 4.94. The predicted octanol–water partition coefficient (Wildman–Crippen LogP) is 3.33. The van der Waals surface area contributed by atoms with Crippen LogP contribution in [0.2, 0.25) is 0 Å². The summed E-state index contributed by atoms with van der Waals surface area (Å²) in [5.74, 6) is -0.371. The first kappa shape index (κ1) is 20.7. The van der Waals surface area contributed by atoms with Crippen LogP contribution >= 0.6 is 0 Å². The van der Waals surface area contributed by atoms with Crippen molar-refractivity contribution in [1.82, 2.24) is 0 Å². The lowest BCUT2D eigenvalue weighted by Gasteiger charge is -2.19. The van der Waals surface area contributed by atoms with Crippen molar-refractivity contribution < 1.29 is 19.4 Å². The highest BCUT2D eigenvalue weighted by Crippen LogP contribution is 2.27. The fourth-order valence-corrected chi connectivity index (χ4v) is 3.31. The van der Waals surface area contributed by atoms with Gasteiger partial charge in [0.25, 0.3) is 0 Å². The first-order valence-corrected chi connectivity index (χ1v) is 9.78. The van der Waals surface area contributed by atoms with Gasteiger partial charge in [0.15, 0.2) is 6.04 Å². The zero-order chi connectivity index (χ0) is 20.8. The van der Waals surface area contributed by atoms with Gasteiger partial charge in [0, 0.05) is 17.9 Å². The lowest BCUT2D eigenvalue weighted by atomic mass is 10.0. The maximum Gasteiger partial charge on any atom is 0.330 e. The van der Waals surface area contributed by atoms with E-state index in [1.807, 2.05) is 19.1 Å². The SMILES string of the molecule is CCc1cc(OC[C@@H]2CCCO2)cc(C(Nc2ccc(C(=N)N)cc2)C(=O)O)c1. The average molecular weight is 397 g/mol. The van der Waals surface area contributed by atoms with Gasteiger partial charge in [-0.1, -0.05) is 13.0 Å². The number of anilines is 1. The number of nitrogens with one attached hydrogen (secondary N) is 2. The van der Waals surface area contributed by atoms with Crippen LogP contribution < -0.4 is 15.8 Å². The lowest BCUT2D eigenvalue weighted by molar-refractivity contribution is -0.138. The van der Waals surface area contributed by atoms with Crippen LogP contribution in [0.3, 0.4) is 0 Å². The molecule has 0 aromatic heterocycles. The molecule has 1 fully saturated rings. The van der Waals surface area contributed by atoms with Gasteiger partial charge in [-0.05, 0) is 66.8 Å². The Kier molecular flexibility index (Phi) is 6.72. The normalized spacial score (nSPS) is 16.9. The summed E-state index contributed by atoms with van der Waals surface area (Å²) >= 11 is 0. The van der Waals surface area contributed by atoms with Gasteiger partial charge >= 0.3 is 5.97 Å². The molecular weight excluding hydrogens is 370 g/mol. The van der Waals surface area contributed by atoms with Crippen LogP contribution in [0.15, 0.2) is 42.5 Å². The lowest BCUT2D eigenvalue weighted by Crippen LogP contribution is -2.21. The van der Waals surface area contributed by atoms with Crippen molar-refractivity contribution in [2.45, 2.75) is 38.3 Å². The standard InChI is InChI=1S/C22H27N3O4/c1-2-14-10-16(12-19(11-14)29-13-18-4-3-9-28-18)20(22(26)27)25-17-7-5-15(6-8-17)21(23)24/h5-8,10-12,18,20,25H,2-4,9,13H2,1H3,(H3,23,24)(H,26,27)/t18-,20?/m0/s1. The molecule has 1 aliphatic heterocycles.